The summed E-state index contributed by atoms with van der Waals surface area (Å²) in [4.78, 5) is 23.9. The van der Waals surface area contributed by atoms with Crippen molar-refractivity contribution in [2.24, 2.45) is 0 Å². The Morgan fingerprint density at radius 1 is 1.18 bits per heavy atom. The number of aromatic nitrogens is 4. The van der Waals surface area contributed by atoms with Crippen LogP contribution in [0.1, 0.15) is 16.6 Å². The summed E-state index contributed by atoms with van der Waals surface area (Å²) in [7, 11) is -4.66. The minimum atomic E-state index is -4.66. The van der Waals surface area contributed by atoms with Gasteiger partial charge in [-0.2, -0.15) is 8.42 Å². The summed E-state index contributed by atoms with van der Waals surface area (Å²) in [6, 6.07) is 2.94. The van der Waals surface area contributed by atoms with Crippen molar-refractivity contribution in [3.63, 3.8) is 0 Å². The minimum absolute atomic E-state index is 0.0930. The van der Waals surface area contributed by atoms with Crippen LogP contribution in [0.2, 0.25) is 0 Å². The van der Waals surface area contributed by atoms with Crippen LogP contribution in [0, 0.1) is 0 Å². The number of carbonyl (C=O) groups excluding carboxylic acids is 1. The van der Waals surface area contributed by atoms with Crippen LogP contribution in [0.25, 0.3) is 11.2 Å². The van der Waals surface area contributed by atoms with E-state index in [2.05, 4.69) is 15.0 Å². The second kappa shape index (κ2) is 8.41. The number of imidazole rings is 1. The molecule has 4 rings (SSSR count). The van der Waals surface area contributed by atoms with Crippen LogP contribution in [-0.2, 0) is 19.2 Å². The fraction of sp³-hybridized carbons (Fsp3) is 0.294. The standard InChI is InChI=1S/C17H18N6O9S/c18-14-11-15(20-5-19-14)23(6-21-11)17-13(27)12(26)10(32-17)4-31-33(29,30)22-16(28)7-1-2-8(24)9(25)3-7/h1-3,5-6,10,12-13,17,24-27H,4H2,(H,22,28)(H2,18,19,20)/t10-,12?,13?,17-/m1/s1. The Labute approximate surface area is 185 Å². The lowest BCUT2D eigenvalue weighted by molar-refractivity contribution is -0.0468. The quantitative estimate of drug-likeness (QED) is 0.212. The second-order valence-corrected chi connectivity index (χ2v) is 8.35. The number of ether oxygens (including phenoxy) is 1. The number of hydrogen-bond donors (Lipinski definition) is 6. The first-order valence-electron chi connectivity index (χ1n) is 9.25. The third-order valence-electron chi connectivity index (χ3n) is 4.84. The zero-order chi connectivity index (χ0) is 23.9. The number of aromatic hydroxyl groups is 2. The maximum absolute atomic E-state index is 12.1. The number of fused-ring (bicyclic) bond motifs is 1. The highest BCUT2D eigenvalue weighted by atomic mass is 32.2. The molecule has 1 aromatic carbocycles. The van der Waals surface area contributed by atoms with Gasteiger partial charge in [-0.3, -0.25) is 13.5 Å². The molecule has 15 nitrogen and oxygen atoms in total. The van der Waals surface area contributed by atoms with Gasteiger partial charge in [0.25, 0.3) is 5.91 Å². The molecular weight excluding hydrogens is 464 g/mol. The van der Waals surface area contributed by atoms with E-state index in [-0.39, 0.29) is 22.5 Å². The molecule has 0 saturated carbocycles. The molecule has 1 saturated heterocycles. The van der Waals surface area contributed by atoms with Crippen molar-refractivity contribution in [2.75, 3.05) is 12.3 Å². The molecule has 4 atom stereocenters. The van der Waals surface area contributed by atoms with Gasteiger partial charge in [-0.1, -0.05) is 0 Å². The van der Waals surface area contributed by atoms with Gasteiger partial charge >= 0.3 is 10.3 Å². The van der Waals surface area contributed by atoms with Crippen molar-refractivity contribution < 1.29 is 42.6 Å². The molecule has 1 aliphatic heterocycles. The summed E-state index contributed by atoms with van der Waals surface area (Å²) in [5, 5.41) is 39.4. The Kier molecular flexibility index (Phi) is 5.76. The number of anilines is 1. The summed E-state index contributed by atoms with van der Waals surface area (Å²) in [6.45, 7) is -0.748. The molecule has 33 heavy (non-hydrogen) atoms. The van der Waals surface area contributed by atoms with E-state index in [9.17, 15) is 33.6 Å². The van der Waals surface area contributed by atoms with Crippen LogP contribution >= 0.6 is 0 Å². The molecule has 1 aliphatic rings. The number of nitrogens with zero attached hydrogens (tertiary/aromatic N) is 4. The Bertz CT molecular complexity index is 1310. The number of nitrogens with one attached hydrogen (secondary N) is 1. The lowest BCUT2D eigenvalue weighted by Crippen LogP contribution is -2.37. The van der Waals surface area contributed by atoms with Crippen molar-refractivity contribution in [1.82, 2.24) is 24.2 Å². The maximum Gasteiger partial charge on any atom is 0.362 e. The van der Waals surface area contributed by atoms with E-state index in [1.807, 2.05) is 0 Å². The van der Waals surface area contributed by atoms with E-state index >= 15 is 0 Å². The normalized spacial score (nSPS) is 23.1. The average molecular weight is 482 g/mol. The Morgan fingerprint density at radius 2 is 1.94 bits per heavy atom. The molecule has 16 heteroatoms. The molecular formula is C17H18N6O9S. The van der Waals surface area contributed by atoms with E-state index in [4.69, 9.17) is 14.7 Å². The smallest absolute Gasteiger partial charge is 0.362 e. The molecule has 176 valence electrons. The molecule has 3 heterocycles. The SMILES string of the molecule is Nc1ncnc2c1ncn2[C@@H]1O[C@H](COS(=O)(=O)NC(=O)c2ccc(O)c(O)c2)C(O)C1O. The summed E-state index contributed by atoms with van der Waals surface area (Å²) in [6.07, 6.45) is -3.09. The third-order valence-corrected chi connectivity index (χ3v) is 5.72. The van der Waals surface area contributed by atoms with Crippen molar-refractivity contribution in [3.05, 3.63) is 36.4 Å². The summed E-state index contributed by atoms with van der Waals surface area (Å²) in [5.74, 6) is -2.16. The zero-order valence-electron chi connectivity index (χ0n) is 16.5. The van der Waals surface area contributed by atoms with Crippen molar-refractivity contribution in [3.8, 4) is 11.5 Å². The number of phenolic OH excluding ortho intramolecular Hbond substituents is 2. The molecule has 2 aromatic heterocycles. The largest absolute Gasteiger partial charge is 0.504 e. The number of aliphatic hydroxyl groups is 2. The monoisotopic (exact) mass is 482 g/mol. The molecule has 0 spiro atoms. The molecule has 0 bridgehead atoms. The van der Waals surface area contributed by atoms with Crippen molar-refractivity contribution >= 4 is 33.2 Å². The number of hydrogen-bond acceptors (Lipinski definition) is 13. The van der Waals surface area contributed by atoms with Gasteiger partial charge in [-0.25, -0.2) is 19.7 Å². The van der Waals surface area contributed by atoms with Crippen LogP contribution in [0.5, 0.6) is 11.5 Å². The maximum atomic E-state index is 12.1. The van der Waals surface area contributed by atoms with Crippen molar-refractivity contribution in [1.29, 1.82) is 0 Å². The lowest BCUT2D eigenvalue weighted by Gasteiger charge is -2.16. The summed E-state index contributed by atoms with van der Waals surface area (Å²) < 4.78 is 37.4. The first-order valence-corrected chi connectivity index (χ1v) is 10.7. The molecule has 7 N–H and O–H groups in total. The number of carbonyl (C=O) groups is 1. The predicted molar refractivity (Wildman–Crippen MR) is 108 cm³/mol. The number of nitrogens with two attached hydrogens (primary N) is 1. The summed E-state index contributed by atoms with van der Waals surface area (Å²) >= 11 is 0. The van der Waals surface area contributed by atoms with Gasteiger partial charge in [-0.05, 0) is 18.2 Å². The van der Waals surface area contributed by atoms with Crippen LogP contribution in [0.4, 0.5) is 5.82 Å². The Balaban J connectivity index is 1.43. The van der Waals surface area contributed by atoms with Gasteiger partial charge < -0.3 is 30.9 Å². The number of amides is 1. The van der Waals surface area contributed by atoms with E-state index in [1.165, 1.54) is 17.2 Å². The van der Waals surface area contributed by atoms with Gasteiger partial charge in [0.1, 0.15) is 30.2 Å². The highest BCUT2D eigenvalue weighted by Gasteiger charge is 2.45. The van der Waals surface area contributed by atoms with Gasteiger partial charge in [0.2, 0.25) is 0 Å². The number of phenols is 2. The Hall–Kier alpha value is -3.57. The van der Waals surface area contributed by atoms with E-state index in [1.54, 1.807) is 4.72 Å². The van der Waals surface area contributed by atoms with Crippen LogP contribution < -0.4 is 10.5 Å². The van der Waals surface area contributed by atoms with Gasteiger partial charge in [0.05, 0.1) is 12.9 Å². The minimum Gasteiger partial charge on any atom is -0.504 e. The lowest BCUT2D eigenvalue weighted by atomic mass is 10.1. The molecule has 0 radical (unpaired) electrons. The topological polar surface area (TPSA) is 232 Å². The zero-order valence-corrected chi connectivity index (χ0v) is 17.3. The first kappa shape index (κ1) is 22.6. The fourth-order valence-corrected chi connectivity index (χ4v) is 3.89. The van der Waals surface area contributed by atoms with Crippen LogP contribution in [0.15, 0.2) is 30.9 Å². The molecule has 0 aliphatic carbocycles. The number of aliphatic hydroxyl groups excluding tert-OH is 2. The van der Waals surface area contributed by atoms with Crippen LogP contribution in [-0.4, -0.2) is 79.2 Å². The highest BCUT2D eigenvalue weighted by Crippen LogP contribution is 2.32. The summed E-state index contributed by atoms with van der Waals surface area (Å²) in [5.41, 5.74) is 5.92. The molecule has 3 aromatic rings. The number of benzene rings is 1. The molecule has 1 fully saturated rings. The van der Waals surface area contributed by atoms with Gasteiger partial charge in [0.15, 0.2) is 29.2 Å². The van der Waals surface area contributed by atoms with Crippen molar-refractivity contribution in [2.45, 2.75) is 24.5 Å². The Morgan fingerprint density at radius 3 is 2.67 bits per heavy atom. The van der Waals surface area contributed by atoms with Crippen LogP contribution in [0.3, 0.4) is 0 Å². The van der Waals surface area contributed by atoms with E-state index in [0.29, 0.717) is 0 Å². The molecule has 2 unspecified atom stereocenters. The first-order chi connectivity index (χ1) is 15.6. The highest BCUT2D eigenvalue weighted by molar-refractivity contribution is 7.85. The van der Waals surface area contributed by atoms with E-state index in [0.717, 1.165) is 18.2 Å². The number of rotatable bonds is 6. The van der Waals surface area contributed by atoms with E-state index < -0.39 is 58.9 Å². The third kappa shape index (κ3) is 4.37. The number of nitrogen functional groups attached to an aromatic ring is 1. The predicted octanol–water partition coefficient (Wildman–Crippen LogP) is -1.87. The average Bonchev–Trinajstić information content (AvgIpc) is 3.31. The van der Waals surface area contributed by atoms with Gasteiger partial charge in [0, 0.05) is 5.56 Å². The second-order valence-electron chi connectivity index (χ2n) is 7.00. The fourth-order valence-electron chi connectivity index (χ4n) is 3.18. The molecule has 1 amide bonds. The van der Waals surface area contributed by atoms with Gasteiger partial charge in [-0.15, -0.1) is 0 Å².